The van der Waals surface area contributed by atoms with Crippen LogP contribution in [0.15, 0.2) is 30.3 Å². The fourth-order valence-electron chi connectivity index (χ4n) is 3.28. The summed E-state index contributed by atoms with van der Waals surface area (Å²) in [6, 6.07) is 8.70. The minimum atomic E-state index is -0.125. The molecule has 0 aliphatic carbocycles. The molecule has 0 spiro atoms. The van der Waals surface area contributed by atoms with Crippen LogP contribution < -0.4 is 16.2 Å². The molecule has 1 amide bonds. The molecular weight excluding hydrogens is 441 g/mol. The lowest BCUT2D eigenvalue weighted by atomic mass is 10.1. The van der Waals surface area contributed by atoms with Gasteiger partial charge in [-0.25, -0.2) is 10.8 Å². The number of rotatable bonds is 3. The summed E-state index contributed by atoms with van der Waals surface area (Å²) in [7, 11) is 0. The Labute approximate surface area is 180 Å². The highest BCUT2D eigenvalue weighted by Crippen LogP contribution is 2.38. The van der Waals surface area contributed by atoms with Gasteiger partial charge in [-0.3, -0.25) is 10.2 Å². The maximum atomic E-state index is 12.8. The number of amides is 1. The molecule has 0 bridgehead atoms. The number of thiazole rings is 1. The van der Waals surface area contributed by atoms with Gasteiger partial charge in [-0.2, -0.15) is 0 Å². The van der Waals surface area contributed by atoms with Crippen LogP contribution in [0.5, 0.6) is 0 Å². The first-order valence-corrected chi connectivity index (χ1v) is 10.5. The van der Waals surface area contributed by atoms with Crippen molar-refractivity contribution >= 4 is 73.1 Å². The van der Waals surface area contributed by atoms with Crippen LogP contribution in [0.1, 0.15) is 10.4 Å². The second-order valence-electron chi connectivity index (χ2n) is 6.31. The van der Waals surface area contributed by atoms with Gasteiger partial charge in [0.05, 0.1) is 26.0 Å². The molecule has 4 rings (SSSR count). The Kier molecular flexibility index (Phi) is 5.53. The van der Waals surface area contributed by atoms with Crippen LogP contribution in [0.4, 0.5) is 10.8 Å². The minimum Gasteiger partial charge on any atom is -0.365 e. The van der Waals surface area contributed by atoms with Crippen molar-refractivity contribution in [3.63, 3.8) is 0 Å². The van der Waals surface area contributed by atoms with E-state index >= 15 is 0 Å². The average molecular weight is 457 g/mol. The van der Waals surface area contributed by atoms with E-state index in [1.54, 1.807) is 23.1 Å². The van der Waals surface area contributed by atoms with E-state index in [1.807, 2.05) is 12.1 Å². The molecule has 0 unspecified atom stereocenters. The standard InChI is InChI=1S/C18H16Cl3N5OS/c19-10-1-2-12(20)11(9-10)17(27)26-7-5-25(6-8-26)16-13(21)3-4-14-15(16)23-18(24-22)28-14/h1-4,9H,5-8,22H2,(H,23,24). The topological polar surface area (TPSA) is 74.5 Å². The second kappa shape index (κ2) is 7.93. The molecule has 146 valence electrons. The number of hydrogen-bond acceptors (Lipinski definition) is 6. The molecule has 1 aliphatic heterocycles. The molecule has 2 heterocycles. The number of carbonyl (C=O) groups excluding carboxylic acids is 1. The van der Waals surface area contributed by atoms with Crippen molar-refractivity contribution in [3.8, 4) is 0 Å². The SMILES string of the molecule is NNc1nc2c(N3CCN(C(=O)c4cc(Cl)ccc4Cl)CC3)c(Cl)ccc2s1. The van der Waals surface area contributed by atoms with Crippen molar-refractivity contribution in [3.05, 3.63) is 51.0 Å². The van der Waals surface area contributed by atoms with Gasteiger partial charge >= 0.3 is 0 Å². The van der Waals surface area contributed by atoms with Gasteiger partial charge in [0.25, 0.3) is 5.91 Å². The van der Waals surface area contributed by atoms with Crippen molar-refractivity contribution in [2.45, 2.75) is 0 Å². The number of piperazine rings is 1. The minimum absolute atomic E-state index is 0.125. The van der Waals surface area contributed by atoms with Crippen molar-refractivity contribution in [2.24, 2.45) is 5.84 Å². The third-order valence-electron chi connectivity index (χ3n) is 4.65. The Morgan fingerprint density at radius 3 is 2.50 bits per heavy atom. The normalized spacial score (nSPS) is 14.6. The lowest BCUT2D eigenvalue weighted by Crippen LogP contribution is -2.49. The van der Waals surface area contributed by atoms with Crippen molar-refractivity contribution in [2.75, 3.05) is 36.5 Å². The molecule has 1 fully saturated rings. The molecule has 3 aromatic rings. The van der Waals surface area contributed by atoms with Gasteiger partial charge in [0.2, 0.25) is 0 Å². The zero-order valence-electron chi connectivity index (χ0n) is 14.6. The Hall–Kier alpha value is -1.77. The number of hydrogen-bond donors (Lipinski definition) is 2. The Morgan fingerprint density at radius 1 is 1.07 bits per heavy atom. The Bertz CT molecular complexity index is 1050. The molecule has 1 saturated heterocycles. The van der Waals surface area contributed by atoms with E-state index < -0.39 is 0 Å². The van der Waals surface area contributed by atoms with Gasteiger partial charge < -0.3 is 9.80 Å². The monoisotopic (exact) mass is 455 g/mol. The van der Waals surface area contributed by atoms with Crippen LogP contribution in [0, 0.1) is 0 Å². The number of halogens is 3. The molecule has 0 saturated carbocycles. The van der Waals surface area contributed by atoms with Gasteiger partial charge in [0, 0.05) is 31.2 Å². The van der Waals surface area contributed by atoms with Crippen LogP contribution in [0.25, 0.3) is 10.2 Å². The van der Waals surface area contributed by atoms with E-state index in [4.69, 9.17) is 40.6 Å². The number of nitrogens with two attached hydrogens (primary N) is 1. The maximum Gasteiger partial charge on any atom is 0.255 e. The number of nitrogen functional groups attached to an aromatic ring is 1. The lowest BCUT2D eigenvalue weighted by Gasteiger charge is -2.36. The summed E-state index contributed by atoms with van der Waals surface area (Å²) in [6.45, 7) is 2.35. The fraction of sp³-hybridized carbons (Fsp3) is 0.222. The summed E-state index contributed by atoms with van der Waals surface area (Å²) in [4.78, 5) is 21.3. The number of nitrogens with one attached hydrogen (secondary N) is 1. The first-order valence-electron chi connectivity index (χ1n) is 8.53. The predicted octanol–water partition coefficient (Wildman–Crippen LogP) is 4.50. The van der Waals surface area contributed by atoms with E-state index in [1.165, 1.54) is 11.3 Å². The molecule has 0 atom stereocenters. The van der Waals surface area contributed by atoms with E-state index in [0.717, 1.165) is 15.9 Å². The summed E-state index contributed by atoms with van der Waals surface area (Å²) in [5.74, 6) is 5.37. The van der Waals surface area contributed by atoms with Crippen molar-refractivity contribution < 1.29 is 4.79 Å². The van der Waals surface area contributed by atoms with E-state index in [-0.39, 0.29) is 5.91 Å². The van der Waals surface area contributed by atoms with Gasteiger partial charge in [-0.05, 0) is 30.3 Å². The van der Waals surface area contributed by atoms with Gasteiger partial charge in [0.15, 0.2) is 5.13 Å². The van der Waals surface area contributed by atoms with Gasteiger partial charge in [-0.15, -0.1) is 0 Å². The maximum absolute atomic E-state index is 12.8. The molecule has 3 N–H and O–H groups in total. The highest BCUT2D eigenvalue weighted by Gasteiger charge is 2.26. The summed E-state index contributed by atoms with van der Waals surface area (Å²) >= 11 is 20.1. The first kappa shape index (κ1) is 19.5. The summed E-state index contributed by atoms with van der Waals surface area (Å²) in [6.07, 6.45) is 0. The van der Waals surface area contributed by atoms with Crippen molar-refractivity contribution in [1.82, 2.24) is 9.88 Å². The second-order valence-corrected chi connectivity index (χ2v) is 8.59. The molecule has 2 aromatic carbocycles. The van der Waals surface area contributed by atoms with Crippen LogP contribution in [0.2, 0.25) is 15.1 Å². The Balaban J connectivity index is 1.55. The van der Waals surface area contributed by atoms with Crippen LogP contribution in [0.3, 0.4) is 0 Å². The van der Waals surface area contributed by atoms with Crippen LogP contribution in [-0.2, 0) is 0 Å². The highest BCUT2D eigenvalue weighted by molar-refractivity contribution is 7.22. The third kappa shape index (κ3) is 3.60. The number of aromatic nitrogens is 1. The smallest absolute Gasteiger partial charge is 0.255 e. The zero-order chi connectivity index (χ0) is 19.8. The summed E-state index contributed by atoms with van der Waals surface area (Å²) in [5, 5.41) is 2.13. The van der Waals surface area contributed by atoms with E-state index in [0.29, 0.717) is 51.9 Å². The zero-order valence-corrected chi connectivity index (χ0v) is 17.7. The van der Waals surface area contributed by atoms with Crippen LogP contribution in [-0.4, -0.2) is 42.0 Å². The number of nitrogens with zero attached hydrogens (tertiary/aromatic N) is 3. The largest absolute Gasteiger partial charge is 0.365 e. The molecule has 28 heavy (non-hydrogen) atoms. The van der Waals surface area contributed by atoms with Gasteiger partial charge in [-0.1, -0.05) is 46.1 Å². The number of carbonyl (C=O) groups is 1. The molecule has 1 aromatic heterocycles. The molecule has 6 nitrogen and oxygen atoms in total. The Morgan fingerprint density at radius 2 is 1.79 bits per heavy atom. The summed E-state index contributed by atoms with van der Waals surface area (Å²) < 4.78 is 0.997. The number of anilines is 2. The van der Waals surface area contributed by atoms with Crippen molar-refractivity contribution in [1.29, 1.82) is 0 Å². The van der Waals surface area contributed by atoms with E-state index in [9.17, 15) is 4.79 Å². The molecule has 0 radical (unpaired) electrons. The predicted molar refractivity (Wildman–Crippen MR) is 117 cm³/mol. The highest BCUT2D eigenvalue weighted by atomic mass is 35.5. The van der Waals surface area contributed by atoms with Gasteiger partial charge in [0.1, 0.15) is 5.52 Å². The lowest BCUT2D eigenvalue weighted by molar-refractivity contribution is 0.0747. The number of hydrazine groups is 1. The molecule has 1 aliphatic rings. The van der Waals surface area contributed by atoms with Crippen LogP contribution >= 0.6 is 46.1 Å². The number of benzene rings is 2. The quantitative estimate of drug-likeness (QED) is 0.448. The third-order valence-corrected chi connectivity index (χ3v) is 6.47. The average Bonchev–Trinajstić information content (AvgIpc) is 3.13. The first-order chi connectivity index (χ1) is 13.5. The fourth-order valence-corrected chi connectivity index (χ4v) is 4.70. The van der Waals surface area contributed by atoms with E-state index in [2.05, 4.69) is 15.3 Å². The molecule has 10 heteroatoms. The number of fused-ring (bicyclic) bond motifs is 1. The molecular formula is C18H16Cl3N5OS. The summed E-state index contributed by atoms with van der Waals surface area (Å²) in [5.41, 5.74) is 4.68.